The number of alkyl halides is 1. The highest BCUT2D eigenvalue weighted by Gasteiger charge is 2.42. The van der Waals surface area contributed by atoms with Crippen LogP contribution < -0.4 is 0 Å². The number of carbonyl (C=O) groups excluding carboxylic acids is 2. The number of cyclic esters (lactones) is 2. The number of benzene rings is 1. The molecule has 0 saturated carbocycles. The lowest BCUT2D eigenvalue weighted by molar-refractivity contribution is -0.222. The highest BCUT2D eigenvalue weighted by atomic mass is 19.1. The van der Waals surface area contributed by atoms with Crippen LogP contribution in [-0.2, 0) is 19.1 Å². The molecule has 0 bridgehead atoms. The average Bonchev–Trinajstić information content (AvgIpc) is 2.36. The van der Waals surface area contributed by atoms with Crippen LogP contribution in [0.2, 0.25) is 0 Å². The van der Waals surface area contributed by atoms with Crippen LogP contribution in [-0.4, -0.2) is 22.8 Å². The molecule has 1 unspecified atom stereocenters. The maximum Gasteiger partial charge on any atom is 0.352 e. The number of esters is 2. The predicted octanol–water partition coefficient (Wildman–Crippen LogP) is 2.35. The van der Waals surface area contributed by atoms with E-state index in [2.05, 4.69) is 0 Å². The number of hydrogen-bond acceptors (Lipinski definition) is 5. The minimum Gasteiger partial charge on any atom is -0.508 e. The topological polar surface area (TPSA) is 72.8 Å². The Bertz CT molecular complexity index is 554. The number of ether oxygens (including phenoxy) is 2. The number of hydrogen-bond donors (Lipinski definition) is 1. The van der Waals surface area contributed by atoms with E-state index >= 15 is 0 Å². The third-order valence-electron chi connectivity index (χ3n) is 2.67. The van der Waals surface area contributed by atoms with E-state index in [1.165, 1.54) is 26.0 Å². The molecule has 1 aromatic rings. The fraction of sp³-hybridized carbons (Fsp3) is 0.286. The smallest absolute Gasteiger partial charge is 0.352 e. The monoisotopic (exact) mass is 280 g/mol. The molecule has 0 spiro atoms. The van der Waals surface area contributed by atoms with Gasteiger partial charge in [0.05, 0.1) is 0 Å². The number of halogens is 1. The number of allylic oxidation sites excluding steroid dienone is 1. The molecule has 20 heavy (non-hydrogen) atoms. The van der Waals surface area contributed by atoms with Gasteiger partial charge in [-0.05, 0) is 5.56 Å². The largest absolute Gasteiger partial charge is 0.508 e. The first-order chi connectivity index (χ1) is 9.32. The molecule has 0 aliphatic carbocycles. The fourth-order valence-electron chi connectivity index (χ4n) is 1.77. The van der Waals surface area contributed by atoms with Crippen LogP contribution in [0.4, 0.5) is 4.39 Å². The molecule has 1 aliphatic heterocycles. The summed E-state index contributed by atoms with van der Waals surface area (Å²) in [5.41, 5.74) is -0.705. The molecule has 0 amide bonds. The van der Waals surface area contributed by atoms with E-state index in [0.717, 1.165) is 0 Å². The first-order valence-corrected chi connectivity index (χ1v) is 5.90. The van der Waals surface area contributed by atoms with Crippen LogP contribution in [0, 0.1) is 0 Å². The standard InChI is InChI=1S/C14H13FO5/c1-14(2)19-12(17)9(13(18)20-14)11(16)10(15)8-6-4-3-5-7-8/h3-7,10,16H,1-2H3. The van der Waals surface area contributed by atoms with E-state index in [0.29, 0.717) is 0 Å². The van der Waals surface area contributed by atoms with Crippen molar-refractivity contribution >= 4 is 11.9 Å². The van der Waals surface area contributed by atoms with Gasteiger partial charge >= 0.3 is 11.9 Å². The van der Waals surface area contributed by atoms with Crippen molar-refractivity contribution in [3.63, 3.8) is 0 Å². The van der Waals surface area contributed by atoms with Gasteiger partial charge in [0.25, 0.3) is 5.79 Å². The Kier molecular flexibility index (Phi) is 3.48. The molecule has 0 radical (unpaired) electrons. The minimum absolute atomic E-state index is 0.114. The van der Waals surface area contributed by atoms with E-state index in [1.54, 1.807) is 18.2 Å². The van der Waals surface area contributed by atoms with Crippen molar-refractivity contribution in [1.82, 2.24) is 0 Å². The van der Waals surface area contributed by atoms with E-state index < -0.39 is 35.2 Å². The minimum atomic E-state index is -2.01. The van der Waals surface area contributed by atoms with Gasteiger partial charge in [-0.1, -0.05) is 30.3 Å². The third-order valence-corrected chi connectivity index (χ3v) is 2.67. The van der Waals surface area contributed by atoms with Gasteiger partial charge < -0.3 is 14.6 Å². The van der Waals surface area contributed by atoms with Gasteiger partial charge in [0.1, 0.15) is 0 Å². The summed E-state index contributed by atoms with van der Waals surface area (Å²) >= 11 is 0. The molecule has 1 fully saturated rings. The molecule has 1 N–H and O–H groups in total. The second kappa shape index (κ2) is 4.96. The highest BCUT2D eigenvalue weighted by molar-refractivity contribution is 6.15. The maximum atomic E-state index is 14.1. The van der Waals surface area contributed by atoms with Crippen LogP contribution in [0.25, 0.3) is 0 Å². The van der Waals surface area contributed by atoms with Crippen LogP contribution in [0.3, 0.4) is 0 Å². The van der Waals surface area contributed by atoms with E-state index in [9.17, 15) is 19.1 Å². The summed E-state index contributed by atoms with van der Waals surface area (Å²) in [6, 6.07) is 7.66. The Labute approximate surface area is 114 Å². The molecule has 1 aliphatic rings. The van der Waals surface area contributed by atoms with Crippen molar-refractivity contribution in [3.05, 3.63) is 47.2 Å². The van der Waals surface area contributed by atoms with Gasteiger partial charge in [-0.2, -0.15) is 0 Å². The Hall–Kier alpha value is -2.37. The van der Waals surface area contributed by atoms with E-state index in [1.807, 2.05) is 0 Å². The van der Waals surface area contributed by atoms with Gasteiger partial charge in [0.15, 0.2) is 17.5 Å². The average molecular weight is 280 g/mol. The van der Waals surface area contributed by atoms with Crippen LogP contribution in [0.15, 0.2) is 41.7 Å². The zero-order chi connectivity index (χ0) is 14.9. The van der Waals surface area contributed by atoms with Crippen molar-refractivity contribution in [2.24, 2.45) is 0 Å². The second-order valence-corrected chi connectivity index (χ2v) is 4.71. The highest BCUT2D eigenvalue weighted by Crippen LogP contribution is 2.31. The van der Waals surface area contributed by atoms with Crippen LogP contribution in [0.5, 0.6) is 0 Å². The SMILES string of the molecule is CC1(C)OC(=O)C(=C(O)C(F)c2ccccc2)C(=O)O1. The summed E-state index contributed by atoms with van der Waals surface area (Å²) < 4.78 is 23.7. The normalized spacial score (nSPS) is 19.1. The quantitative estimate of drug-likeness (QED) is 0.389. The maximum absolute atomic E-state index is 14.1. The van der Waals surface area contributed by atoms with Gasteiger partial charge in [-0.25, -0.2) is 14.0 Å². The summed E-state index contributed by atoms with van der Waals surface area (Å²) in [5, 5.41) is 9.81. The molecule has 106 valence electrons. The molecule has 6 heteroatoms. The Morgan fingerprint density at radius 3 is 2.15 bits per heavy atom. The number of carbonyl (C=O) groups is 2. The first kappa shape index (κ1) is 14.0. The summed E-state index contributed by atoms with van der Waals surface area (Å²) in [6.07, 6.45) is -2.01. The Balaban J connectivity index is 2.37. The Morgan fingerprint density at radius 1 is 1.15 bits per heavy atom. The second-order valence-electron chi connectivity index (χ2n) is 4.71. The van der Waals surface area contributed by atoms with Gasteiger partial charge in [-0.3, -0.25) is 0 Å². The molecule has 2 rings (SSSR count). The number of rotatable bonds is 2. The van der Waals surface area contributed by atoms with E-state index in [-0.39, 0.29) is 5.56 Å². The zero-order valence-electron chi connectivity index (χ0n) is 10.9. The lowest BCUT2D eigenvalue weighted by Gasteiger charge is -2.30. The van der Waals surface area contributed by atoms with Gasteiger partial charge in [0.2, 0.25) is 0 Å². The molecule has 1 heterocycles. The molecule has 1 atom stereocenters. The first-order valence-electron chi connectivity index (χ1n) is 5.90. The lowest BCUT2D eigenvalue weighted by atomic mass is 10.0. The molecule has 5 nitrogen and oxygen atoms in total. The van der Waals surface area contributed by atoms with Crippen LogP contribution >= 0.6 is 0 Å². The number of aliphatic hydroxyl groups excluding tert-OH is 1. The van der Waals surface area contributed by atoms with E-state index in [4.69, 9.17) is 9.47 Å². The molecular formula is C14H13FO5. The lowest BCUT2D eigenvalue weighted by Crippen LogP contribution is -2.42. The Morgan fingerprint density at radius 2 is 1.65 bits per heavy atom. The molecule has 0 aromatic heterocycles. The zero-order valence-corrected chi connectivity index (χ0v) is 10.9. The van der Waals surface area contributed by atoms with Crippen molar-refractivity contribution in [2.75, 3.05) is 0 Å². The summed E-state index contributed by atoms with van der Waals surface area (Å²) in [7, 11) is 0. The van der Waals surface area contributed by atoms with Crippen molar-refractivity contribution in [2.45, 2.75) is 25.8 Å². The molecule has 1 saturated heterocycles. The molecular weight excluding hydrogens is 267 g/mol. The van der Waals surface area contributed by atoms with Crippen molar-refractivity contribution in [1.29, 1.82) is 0 Å². The van der Waals surface area contributed by atoms with Crippen LogP contribution in [0.1, 0.15) is 25.6 Å². The summed E-state index contributed by atoms with van der Waals surface area (Å²) in [5.74, 6) is -4.66. The fourth-order valence-corrected chi connectivity index (χ4v) is 1.77. The summed E-state index contributed by atoms with van der Waals surface area (Å²) in [6.45, 7) is 2.72. The van der Waals surface area contributed by atoms with Gasteiger partial charge in [-0.15, -0.1) is 0 Å². The van der Waals surface area contributed by atoms with Gasteiger partial charge in [0, 0.05) is 13.8 Å². The summed E-state index contributed by atoms with van der Waals surface area (Å²) in [4.78, 5) is 23.4. The third kappa shape index (κ3) is 2.64. The predicted molar refractivity (Wildman–Crippen MR) is 66.2 cm³/mol. The van der Waals surface area contributed by atoms with Crippen molar-refractivity contribution < 1.29 is 28.6 Å². The van der Waals surface area contributed by atoms with Crippen molar-refractivity contribution in [3.8, 4) is 0 Å². The molecule has 1 aromatic carbocycles. The number of aliphatic hydroxyl groups is 1.